The molecular formula is C18H20. The standard InChI is InChI=1S/C18H20/c1-12-7-8-15(9-12)18-11-16(10-14(18)3)17-6-4-5-13(17)2/h4-5,7,9-10H,6,8,11H2,1-3H3. The van der Waals surface area contributed by atoms with E-state index in [1.165, 1.54) is 27.9 Å². The smallest absolute Gasteiger partial charge is 0.00173 e. The first kappa shape index (κ1) is 11.5. The third-order valence-electron chi connectivity index (χ3n) is 4.22. The van der Waals surface area contributed by atoms with Crippen LogP contribution in [0.5, 0.6) is 0 Å². The molecule has 0 aliphatic heterocycles. The molecule has 0 aromatic heterocycles. The van der Waals surface area contributed by atoms with E-state index in [0.29, 0.717) is 0 Å². The second-order valence-electron chi connectivity index (χ2n) is 5.60. The molecule has 0 saturated heterocycles. The van der Waals surface area contributed by atoms with Crippen LogP contribution in [-0.4, -0.2) is 0 Å². The zero-order chi connectivity index (χ0) is 12.7. The lowest BCUT2D eigenvalue weighted by molar-refractivity contribution is 1.09. The van der Waals surface area contributed by atoms with E-state index in [1.54, 1.807) is 11.1 Å². The van der Waals surface area contributed by atoms with E-state index in [4.69, 9.17) is 0 Å². The number of allylic oxidation sites excluding steroid dienone is 12. The molecule has 0 N–H and O–H groups in total. The van der Waals surface area contributed by atoms with Gasteiger partial charge in [-0.15, -0.1) is 0 Å². The average Bonchev–Trinajstić information content (AvgIpc) is 2.99. The Labute approximate surface area is 110 Å². The van der Waals surface area contributed by atoms with Crippen molar-refractivity contribution in [2.75, 3.05) is 0 Å². The maximum Gasteiger partial charge on any atom is -0.00173 e. The van der Waals surface area contributed by atoms with Crippen LogP contribution in [0.1, 0.15) is 40.0 Å². The van der Waals surface area contributed by atoms with Gasteiger partial charge in [-0.2, -0.15) is 0 Å². The molecule has 0 saturated carbocycles. The van der Waals surface area contributed by atoms with Gasteiger partial charge in [0.15, 0.2) is 0 Å². The summed E-state index contributed by atoms with van der Waals surface area (Å²) in [4.78, 5) is 0. The third kappa shape index (κ3) is 1.86. The lowest BCUT2D eigenvalue weighted by Gasteiger charge is -2.09. The molecule has 92 valence electrons. The molecule has 0 spiro atoms. The van der Waals surface area contributed by atoms with Crippen LogP contribution in [0.3, 0.4) is 0 Å². The lowest BCUT2D eigenvalue weighted by atomic mass is 9.95. The molecule has 3 rings (SSSR count). The van der Waals surface area contributed by atoms with Gasteiger partial charge in [0.05, 0.1) is 0 Å². The molecule has 0 heteroatoms. The van der Waals surface area contributed by atoms with E-state index in [1.807, 2.05) is 0 Å². The first-order chi connectivity index (χ1) is 8.65. The Kier molecular flexibility index (Phi) is 2.74. The second-order valence-corrected chi connectivity index (χ2v) is 5.60. The fraction of sp³-hybridized carbons (Fsp3) is 0.333. The molecule has 0 fully saturated rings. The highest BCUT2D eigenvalue weighted by Crippen LogP contribution is 2.40. The van der Waals surface area contributed by atoms with Crippen molar-refractivity contribution in [2.24, 2.45) is 0 Å². The first-order valence-electron chi connectivity index (χ1n) is 6.80. The number of hydrogen-bond acceptors (Lipinski definition) is 0. The Bertz CT molecular complexity index is 584. The first-order valence-corrected chi connectivity index (χ1v) is 6.80. The fourth-order valence-corrected chi connectivity index (χ4v) is 3.16. The van der Waals surface area contributed by atoms with Gasteiger partial charge in [0, 0.05) is 0 Å². The Morgan fingerprint density at radius 2 is 1.67 bits per heavy atom. The second kappa shape index (κ2) is 4.28. The predicted octanol–water partition coefficient (Wildman–Crippen LogP) is 5.19. The topological polar surface area (TPSA) is 0 Å². The Morgan fingerprint density at radius 3 is 2.28 bits per heavy atom. The molecule has 0 amide bonds. The fourth-order valence-electron chi connectivity index (χ4n) is 3.16. The number of rotatable bonds is 2. The van der Waals surface area contributed by atoms with Crippen LogP contribution >= 0.6 is 0 Å². The molecule has 0 unspecified atom stereocenters. The van der Waals surface area contributed by atoms with Crippen molar-refractivity contribution < 1.29 is 0 Å². The summed E-state index contributed by atoms with van der Waals surface area (Å²) in [6.45, 7) is 6.68. The average molecular weight is 236 g/mol. The van der Waals surface area contributed by atoms with Crippen LogP contribution in [0.25, 0.3) is 0 Å². The summed E-state index contributed by atoms with van der Waals surface area (Å²) in [5.74, 6) is 0. The normalized spacial score (nSPS) is 22.9. The van der Waals surface area contributed by atoms with Crippen LogP contribution < -0.4 is 0 Å². The summed E-state index contributed by atoms with van der Waals surface area (Å²) in [7, 11) is 0. The zero-order valence-electron chi connectivity index (χ0n) is 11.5. The quantitative estimate of drug-likeness (QED) is 0.619. The Morgan fingerprint density at radius 1 is 0.833 bits per heavy atom. The van der Waals surface area contributed by atoms with Crippen LogP contribution in [0.15, 0.2) is 69.4 Å². The monoisotopic (exact) mass is 236 g/mol. The van der Waals surface area contributed by atoms with Gasteiger partial charge < -0.3 is 0 Å². The minimum atomic E-state index is 1.12. The SMILES string of the molecule is CC1=CCC(C2=C(C)C=C(C3=C(C)C=CC3)C2)=C1. The van der Waals surface area contributed by atoms with E-state index in [-0.39, 0.29) is 0 Å². The van der Waals surface area contributed by atoms with Crippen molar-refractivity contribution in [3.8, 4) is 0 Å². The molecule has 0 heterocycles. The van der Waals surface area contributed by atoms with Crippen molar-refractivity contribution in [3.63, 3.8) is 0 Å². The largest absolute Gasteiger partial charge is 0.0798 e. The van der Waals surface area contributed by atoms with Crippen LogP contribution in [-0.2, 0) is 0 Å². The van der Waals surface area contributed by atoms with E-state index in [0.717, 1.165) is 19.3 Å². The highest BCUT2D eigenvalue weighted by atomic mass is 14.3. The van der Waals surface area contributed by atoms with Crippen LogP contribution in [0.4, 0.5) is 0 Å². The summed E-state index contributed by atoms with van der Waals surface area (Å²) in [6, 6.07) is 0. The van der Waals surface area contributed by atoms with Gasteiger partial charge >= 0.3 is 0 Å². The van der Waals surface area contributed by atoms with E-state index in [2.05, 4.69) is 51.2 Å². The summed E-state index contributed by atoms with van der Waals surface area (Å²) >= 11 is 0. The van der Waals surface area contributed by atoms with Gasteiger partial charge in [0.25, 0.3) is 0 Å². The van der Waals surface area contributed by atoms with Gasteiger partial charge in [-0.25, -0.2) is 0 Å². The van der Waals surface area contributed by atoms with Crippen LogP contribution in [0, 0.1) is 0 Å². The van der Waals surface area contributed by atoms with Crippen molar-refractivity contribution in [2.45, 2.75) is 40.0 Å². The minimum absolute atomic E-state index is 1.12. The Balaban J connectivity index is 1.82. The highest BCUT2D eigenvalue weighted by Gasteiger charge is 2.21. The van der Waals surface area contributed by atoms with Gasteiger partial charge in [0.2, 0.25) is 0 Å². The number of hydrogen-bond donors (Lipinski definition) is 0. The molecule has 3 aliphatic rings. The van der Waals surface area contributed by atoms with E-state index < -0.39 is 0 Å². The van der Waals surface area contributed by atoms with Crippen LogP contribution in [0.2, 0.25) is 0 Å². The maximum atomic E-state index is 2.40. The molecule has 18 heavy (non-hydrogen) atoms. The van der Waals surface area contributed by atoms with Crippen molar-refractivity contribution >= 4 is 0 Å². The molecule has 0 nitrogen and oxygen atoms in total. The minimum Gasteiger partial charge on any atom is -0.0798 e. The molecule has 0 radical (unpaired) electrons. The zero-order valence-corrected chi connectivity index (χ0v) is 11.5. The highest BCUT2D eigenvalue weighted by molar-refractivity contribution is 5.59. The Hall–Kier alpha value is -1.56. The van der Waals surface area contributed by atoms with Gasteiger partial charge in [-0.05, 0) is 73.5 Å². The molecule has 0 bridgehead atoms. The molecule has 3 aliphatic carbocycles. The molecular weight excluding hydrogens is 216 g/mol. The molecule has 0 aromatic rings. The molecule has 0 aromatic carbocycles. The summed E-state index contributed by atoms with van der Waals surface area (Å²) in [6.07, 6.45) is 15.0. The summed E-state index contributed by atoms with van der Waals surface area (Å²) < 4.78 is 0. The van der Waals surface area contributed by atoms with Gasteiger partial charge in [0.1, 0.15) is 0 Å². The van der Waals surface area contributed by atoms with E-state index >= 15 is 0 Å². The van der Waals surface area contributed by atoms with Gasteiger partial charge in [-0.3, -0.25) is 0 Å². The van der Waals surface area contributed by atoms with Crippen molar-refractivity contribution in [3.05, 3.63) is 69.4 Å². The summed E-state index contributed by atoms with van der Waals surface area (Å²) in [5.41, 5.74) is 10.5. The maximum absolute atomic E-state index is 2.40. The lowest BCUT2D eigenvalue weighted by Crippen LogP contribution is -1.91. The van der Waals surface area contributed by atoms with E-state index in [9.17, 15) is 0 Å². The molecule has 0 atom stereocenters. The predicted molar refractivity (Wildman–Crippen MR) is 78.3 cm³/mol. The van der Waals surface area contributed by atoms with Crippen molar-refractivity contribution in [1.82, 2.24) is 0 Å². The summed E-state index contributed by atoms with van der Waals surface area (Å²) in [5, 5.41) is 0. The van der Waals surface area contributed by atoms with Crippen molar-refractivity contribution in [1.29, 1.82) is 0 Å². The third-order valence-corrected chi connectivity index (χ3v) is 4.22. The van der Waals surface area contributed by atoms with Gasteiger partial charge in [-0.1, -0.05) is 36.0 Å².